The van der Waals surface area contributed by atoms with Crippen LogP contribution in [0.5, 0.6) is 0 Å². The third kappa shape index (κ3) is 8.38. The number of amidine groups is 1. The Bertz CT molecular complexity index is 278. The molecule has 0 bridgehead atoms. The molecule has 0 aliphatic heterocycles. The number of nitrogens with zero attached hydrogens (tertiary/aromatic N) is 2. The molecule has 0 rings (SSSR count). The molecule has 4 N–H and O–H groups in total. The summed E-state index contributed by atoms with van der Waals surface area (Å²) in [6.45, 7) is 10.5. The lowest BCUT2D eigenvalue weighted by Gasteiger charge is -2.26. The standard InChI is InChI=1S/C15H34N4O/c1-12(2)10-13(11-19(5)6)17-9-7-8-15(3,4)14(16)18-20/h12-13,17,20H,7-11H2,1-6H3,(H2,16,18). The highest BCUT2D eigenvalue weighted by atomic mass is 16.4. The van der Waals surface area contributed by atoms with Crippen molar-refractivity contribution in [3.05, 3.63) is 0 Å². The highest BCUT2D eigenvalue weighted by molar-refractivity contribution is 5.85. The smallest absolute Gasteiger partial charge is 0.144 e. The van der Waals surface area contributed by atoms with E-state index >= 15 is 0 Å². The maximum Gasteiger partial charge on any atom is 0.144 e. The molecule has 0 saturated carbocycles. The van der Waals surface area contributed by atoms with Crippen molar-refractivity contribution in [2.24, 2.45) is 22.2 Å². The minimum absolute atomic E-state index is 0.245. The van der Waals surface area contributed by atoms with Crippen LogP contribution in [0.2, 0.25) is 0 Å². The Hall–Kier alpha value is -0.810. The van der Waals surface area contributed by atoms with Crippen molar-refractivity contribution in [1.29, 1.82) is 0 Å². The van der Waals surface area contributed by atoms with E-state index in [0.717, 1.165) is 25.9 Å². The molecule has 0 aromatic carbocycles. The van der Waals surface area contributed by atoms with Crippen molar-refractivity contribution in [2.75, 3.05) is 27.2 Å². The first-order valence-corrected chi connectivity index (χ1v) is 7.55. The van der Waals surface area contributed by atoms with Crippen LogP contribution in [-0.4, -0.2) is 49.2 Å². The Morgan fingerprint density at radius 1 is 1.35 bits per heavy atom. The number of rotatable bonds is 10. The number of nitrogens with two attached hydrogens (primary N) is 1. The van der Waals surface area contributed by atoms with Gasteiger partial charge in [0.15, 0.2) is 0 Å². The molecule has 120 valence electrons. The molecule has 1 unspecified atom stereocenters. The summed E-state index contributed by atoms with van der Waals surface area (Å²) in [5, 5.41) is 15.5. The topological polar surface area (TPSA) is 73.9 Å². The quantitative estimate of drug-likeness (QED) is 0.189. The van der Waals surface area contributed by atoms with Gasteiger partial charge in [0.2, 0.25) is 0 Å². The lowest BCUT2D eigenvalue weighted by atomic mass is 9.86. The van der Waals surface area contributed by atoms with Crippen molar-refractivity contribution in [1.82, 2.24) is 10.2 Å². The van der Waals surface area contributed by atoms with Crippen LogP contribution in [0.3, 0.4) is 0 Å². The molecule has 0 aromatic heterocycles. The number of likely N-dealkylation sites (N-methyl/N-ethyl adjacent to an activating group) is 1. The van der Waals surface area contributed by atoms with Gasteiger partial charge in [-0.25, -0.2) is 0 Å². The molecule has 0 aliphatic carbocycles. The molecule has 1 atom stereocenters. The van der Waals surface area contributed by atoms with Gasteiger partial charge in [-0.2, -0.15) is 0 Å². The molecule has 0 heterocycles. The third-order valence-corrected chi connectivity index (χ3v) is 3.55. The predicted octanol–water partition coefficient (Wildman–Crippen LogP) is 2.11. The number of hydrogen-bond donors (Lipinski definition) is 3. The number of hydrogen-bond acceptors (Lipinski definition) is 4. The summed E-state index contributed by atoms with van der Waals surface area (Å²) in [6.07, 6.45) is 3.11. The second-order valence-corrected chi connectivity index (χ2v) is 7.02. The van der Waals surface area contributed by atoms with E-state index in [1.165, 1.54) is 6.42 Å². The zero-order valence-corrected chi connectivity index (χ0v) is 14.1. The van der Waals surface area contributed by atoms with E-state index in [2.05, 4.69) is 43.3 Å². The van der Waals surface area contributed by atoms with Gasteiger partial charge in [-0.3, -0.25) is 0 Å². The molecule has 5 heteroatoms. The van der Waals surface area contributed by atoms with Crippen molar-refractivity contribution < 1.29 is 5.21 Å². The summed E-state index contributed by atoms with van der Waals surface area (Å²) < 4.78 is 0. The zero-order chi connectivity index (χ0) is 15.8. The van der Waals surface area contributed by atoms with Gasteiger partial charge in [-0.05, 0) is 45.8 Å². The molecule has 0 aromatic rings. The van der Waals surface area contributed by atoms with Crippen LogP contribution in [0.4, 0.5) is 0 Å². The molecule has 0 spiro atoms. The average molecular weight is 286 g/mol. The van der Waals surface area contributed by atoms with E-state index in [9.17, 15) is 0 Å². The van der Waals surface area contributed by atoms with Crippen LogP contribution in [0, 0.1) is 11.3 Å². The van der Waals surface area contributed by atoms with Gasteiger partial charge in [0.25, 0.3) is 0 Å². The molecule has 0 amide bonds. The van der Waals surface area contributed by atoms with Crippen LogP contribution in [0.25, 0.3) is 0 Å². The Kier molecular flexibility index (Phi) is 8.81. The Balaban J connectivity index is 4.11. The van der Waals surface area contributed by atoms with Gasteiger partial charge < -0.3 is 21.2 Å². The highest BCUT2D eigenvalue weighted by Gasteiger charge is 2.23. The highest BCUT2D eigenvalue weighted by Crippen LogP contribution is 2.22. The number of nitrogens with one attached hydrogen (secondary N) is 1. The third-order valence-electron chi connectivity index (χ3n) is 3.55. The van der Waals surface area contributed by atoms with Crippen LogP contribution in [-0.2, 0) is 0 Å². The van der Waals surface area contributed by atoms with Crippen molar-refractivity contribution in [2.45, 2.75) is 53.0 Å². The second-order valence-electron chi connectivity index (χ2n) is 7.02. The van der Waals surface area contributed by atoms with Crippen molar-refractivity contribution in [3.8, 4) is 0 Å². The van der Waals surface area contributed by atoms with Gasteiger partial charge in [-0.15, -0.1) is 0 Å². The first-order chi connectivity index (χ1) is 9.19. The normalized spacial score (nSPS) is 15.1. The van der Waals surface area contributed by atoms with Crippen LogP contribution < -0.4 is 11.1 Å². The Morgan fingerprint density at radius 2 is 1.95 bits per heavy atom. The molecule has 0 radical (unpaired) electrons. The monoisotopic (exact) mass is 286 g/mol. The van der Waals surface area contributed by atoms with Gasteiger partial charge >= 0.3 is 0 Å². The largest absolute Gasteiger partial charge is 0.409 e. The van der Waals surface area contributed by atoms with E-state index in [4.69, 9.17) is 10.9 Å². The van der Waals surface area contributed by atoms with Gasteiger partial charge in [-0.1, -0.05) is 32.9 Å². The summed E-state index contributed by atoms with van der Waals surface area (Å²) in [7, 11) is 4.22. The van der Waals surface area contributed by atoms with Gasteiger partial charge in [0.05, 0.1) is 0 Å². The fourth-order valence-electron chi connectivity index (χ4n) is 2.33. The average Bonchev–Trinajstić information content (AvgIpc) is 2.31. The summed E-state index contributed by atoms with van der Waals surface area (Å²) in [5.74, 6) is 1.01. The minimum Gasteiger partial charge on any atom is -0.409 e. The molecular formula is C15H34N4O. The summed E-state index contributed by atoms with van der Waals surface area (Å²) in [5.41, 5.74) is 5.45. The summed E-state index contributed by atoms with van der Waals surface area (Å²) in [4.78, 5) is 2.22. The molecule has 20 heavy (non-hydrogen) atoms. The van der Waals surface area contributed by atoms with E-state index in [0.29, 0.717) is 17.8 Å². The van der Waals surface area contributed by atoms with Crippen molar-refractivity contribution in [3.63, 3.8) is 0 Å². The lowest BCUT2D eigenvalue weighted by molar-refractivity contribution is 0.295. The SMILES string of the molecule is CC(C)CC(CN(C)C)NCCCC(C)(C)C(N)=NO. The Morgan fingerprint density at radius 3 is 2.40 bits per heavy atom. The molecule has 0 saturated heterocycles. The molecule has 5 nitrogen and oxygen atoms in total. The first kappa shape index (κ1) is 19.2. The summed E-state index contributed by atoms with van der Waals surface area (Å²) in [6, 6.07) is 0.525. The van der Waals surface area contributed by atoms with Crippen molar-refractivity contribution >= 4 is 5.84 Å². The second kappa shape index (κ2) is 9.19. The predicted molar refractivity (Wildman–Crippen MR) is 86.2 cm³/mol. The Labute approximate surface area is 124 Å². The lowest BCUT2D eigenvalue weighted by Crippen LogP contribution is -2.40. The maximum atomic E-state index is 8.76. The minimum atomic E-state index is -0.245. The molecular weight excluding hydrogens is 252 g/mol. The van der Waals surface area contributed by atoms with Gasteiger partial charge in [0, 0.05) is 18.0 Å². The van der Waals surface area contributed by atoms with Crippen LogP contribution in [0.15, 0.2) is 5.16 Å². The maximum absolute atomic E-state index is 8.76. The number of oxime groups is 1. The van der Waals surface area contributed by atoms with Gasteiger partial charge in [0.1, 0.15) is 5.84 Å². The van der Waals surface area contributed by atoms with Crippen LogP contribution in [0.1, 0.15) is 47.0 Å². The van der Waals surface area contributed by atoms with E-state index in [1.54, 1.807) is 0 Å². The van der Waals surface area contributed by atoms with E-state index in [1.807, 2.05) is 13.8 Å². The van der Waals surface area contributed by atoms with E-state index in [-0.39, 0.29) is 5.41 Å². The molecule has 0 aliphatic rings. The summed E-state index contributed by atoms with van der Waals surface area (Å²) >= 11 is 0. The van der Waals surface area contributed by atoms with E-state index < -0.39 is 0 Å². The zero-order valence-electron chi connectivity index (χ0n) is 14.1. The molecule has 0 fully saturated rings. The fraction of sp³-hybridized carbons (Fsp3) is 0.933. The fourth-order valence-corrected chi connectivity index (χ4v) is 2.33. The van der Waals surface area contributed by atoms with Crippen LogP contribution >= 0.6 is 0 Å². The first-order valence-electron chi connectivity index (χ1n) is 7.55.